The molecule has 0 aromatic heterocycles. The van der Waals surface area contributed by atoms with Crippen LogP contribution >= 0.6 is 0 Å². The van der Waals surface area contributed by atoms with Gasteiger partial charge in [0.2, 0.25) is 21.8 Å². The molecule has 0 radical (unpaired) electrons. The molecular weight excluding hydrogens is 586 g/mol. The summed E-state index contributed by atoms with van der Waals surface area (Å²) in [5.74, 6) is -0.230. The third kappa shape index (κ3) is 9.68. The minimum atomic E-state index is -3.88. The van der Waals surface area contributed by atoms with Gasteiger partial charge in [0.15, 0.2) is 0 Å². The fourth-order valence-corrected chi connectivity index (χ4v) is 5.82. The Bertz CT molecular complexity index is 1660. The first kappa shape index (κ1) is 33.3. The maximum absolute atomic E-state index is 14.3. The van der Waals surface area contributed by atoms with Crippen LogP contribution in [0.15, 0.2) is 109 Å². The highest BCUT2D eigenvalue weighted by Crippen LogP contribution is 2.24. The third-order valence-electron chi connectivity index (χ3n) is 7.36. The Balaban J connectivity index is 1.65. The molecule has 9 heteroatoms. The molecule has 4 aromatic rings. The van der Waals surface area contributed by atoms with E-state index in [0.29, 0.717) is 18.0 Å². The number of anilines is 1. The Morgan fingerprint density at radius 2 is 1.38 bits per heavy atom. The number of nitrogens with one attached hydrogen (secondary N) is 1. The summed E-state index contributed by atoms with van der Waals surface area (Å²) >= 11 is 0. The van der Waals surface area contributed by atoms with E-state index in [-0.39, 0.29) is 24.9 Å². The summed E-state index contributed by atoms with van der Waals surface area (Å²) in [4.78, 5) is 29.4. The van der Waals surface area contributed by atoms with Gasteiger partial charge in [-0.1, -0.05) is 84.9 Å². The molecule has 0 aliphatic carbocycles. The van der Waals surface area contributed by atoms with E-state index in [1.165, 1.54) is 4.90 Å². The molecule has 0 heterocycles. The predicted octanol–water partition coefficient (Wildman–Crippen LogP) is 5.50. The van der Waals surface area contributed by atoms with Gasteiger partial charge in [-0.3, -0.25) is 13.9 Å². The predicted molar refractivity (Wildman–Crippen MR) is 178 cm³/mol. The maximum atomic E-state index is 14.3. The number of hydrogen-bond donors (Lipinski definition) is 1. The topological polar surface area (TPSA) is 96.0 Å². The van der Waals surface area contributed by atoms with E-state index in [1.54, 1.807) is 24.3 Å². The van der Waals surface area contributed by atoms with Gasteiger partial charge in [0.05, 0.1) is 11.9 Å². The number of amides is 2. The highest BCUT2D eigenvalue weighted by Gasteiger charge is 2.33. The molecule has 0 aliphatic rings. The summed E-state index contributed by atoms with van der Waals surface area (Å²) in [6, 6.07) is 32.4. The SMILES string of the molecule is Cc1ccccc1CN(C(=O)CN(c1ccc(OCc2ccccc2)cc1)S(C)(=O)=O)[C@H](Cc1ccccc1)C(=O)NC(C)C. The second-order valence-corrected chi connectivity index (χ2v) is 13.3. The van der Waals surface area contributed by atoms with Crippen LogP contribution in [0.3, 0.4) is 0 Å². The fraction of sp³-hybridized carbons (Fsp3) is 0.278. The molecule has 0 saturated carbocycles. The van der Waals surface area contributed by atoms with Crippen LogP contribution in [0.2, 0.25) is 0 Å². The Labute approximate surface area is 266 Å². The molecule has 0 saturated heterocycles. The van der Waals surface area contributed by atoms with Gasteiger partial charge in [-0.2, -0.15) is 0 Å². The first-order chi connectivity index (χ1) is 21.5. The average Bonchev–Trinajstić information content (AvgIpc) is 3.01. The van der Waals surface area contributed by atoms with Gasteiger partial charge in [-0.25, -0.2) is 8.42 Å². The van der Waals surface area contributed by atoms with Crippen LogP contribution in [0.25, 0.3) is 0 Å². The molecule has 1 atom stereocenters. The molecule has 45 heavy (non-hydrogen) atoms. The third-order valence-corrected chi connectivity index (χ3v) is 8.50. The van der Waals surface area contributed by atoms with Crippen LogP contribution < -0.4 is 14.4 Å². The van der Waals surface area contributed by atoms with Crippen LogP contribution in [-0.2, 0) is 39.2 Å². The number of ether oxygens (including phenoxy) is 1. The van der Waals surface area contributed by atoms with Crippen molar-refractivity contribution >= 4 is 27.5 Å². The molecule has 0 spiro atoms. The van der Waals surface area contributed by atoms with Crippen molar-refractivity contribution in [2.75, 3.05) is 17.1 Å². The van der Waals surface area contributed by atoms with E-state index in [2.05, 4.69) is 5.32 Å². The van der Waals surface area contributed by atoms with Crippen molar-refractivity contribution < 1.29 is 22.7 Å². The summed E-state index contributed by atoms with van der Waals surface area (Å²) in [6.45, 7) is 5.70. The number of nitrogens with zero attached hydrogens (tertiary/aromatic N) is 2. The van der Waals surface area contributed by atoms with Gasteiger partial charge in [0, 0.05) is 19.0 Å². The molecule has 2 amide bonds. The second-order valence-electron chi connectivity index (χ2n) is 11.4. The first-order valence-corrected chi connectivity index (χ1v) is 16.8. The van der Waals surface area contributed by atoms with Gasteiger partial charge >= 0.3 is 0 Å². The number of hydrogen-bond acceptors (Lipinski definition) is 5. The van der Waals surface area contributed by atoms with Crippen LogP contribution in [0.1, 0.15) is 36.1 Å². The van der Waals surface area contributed by atoms with Gasteiger partial charge < -0.3 is 15.0 Å². The summed E-state index contributed by atoms with van der Waals surface area (Å²) in [7, 11) is -3.88. The van der Waals surface area contributed by atoms with Gasteiger partial charge in [-0.05, 0) is 67.3 Å². The Morgan fingerprint density at radius 3 is 1.96 bits per heavy atom. The highest BCUT2D eigenvalue weighted by atomic mass is 32.2. The van der Waals surface area contributed by atoms with E-state index in [9.17, 15) is 18.0 Å². The summed E-state index contributed by atoms with van der Waals surface area (Å²) in [5.41, 5.74) is 4.04. The molecular formula is C36H41N3O5S. The van der Waals surface area contributed by atoms with Crippen molar-refractivity contribution in [3.63, 3.8) is 0 Å². The van der Waals surface area contributed by atoms with Crippen molar-refractivity contribution in [3.8, 4) is 5.75 Å². The lowest BCUT2D eigenvalue weighted by Gasteiger charge is -2.34. The lowest BCUT2D eigenvalue weighted by atomic mass is 10.0. The average molecular weight is 628 g/mol. The molecule has 0 bridgehead atoms. The zero-order valence-electron chi connectivity index (χ0n) is 26.2. The smallest absolute Gasteiger partial charge is 0.244 e. The van der Waals surface area contributed by atoms with Crippen LogP contribution in [0, 0.1) is 6.92 Å². The largest absolute Gasteiger partial charge is 0.489 e. The molecule has 0 fully saturated rings. The van der Waals surface area contributed by atoms with Crippen molar-refractivity contribution in [1.29, 1.82) is 0 Å². The molecule has 8 nitrogen and oxygen atoms in total. The number of aryl methyl sites for hydroxylation is 1. The Morgan fingerprint density at radius 1 is 0.800 bits per heavy atom. The molecule has 1 N–H and O–H groups in total. The fourth-order valence-electron chi connectivity index (χ4n) is 4.97. The number of carbonyl (C=O) groups excluding carboxylic acids is 2. The number of benzene rings is 4. The quantitative estimate of drug-likeness (QED) is 0.199. The van der Waals surface area contributed by atoms with Crippen LogP contribution in [0.4, 0.5) is 5.69 Å². The summed E-state index contributed by atoms with van der Waals surface area (Å²) in [5, 5.41) is 2.97. The minimum absolute atomic E-state index is 0.137. The van der Waals surface area contributed by atoms with Gasteiger partial charge in [0.25, 0.3) is 0 Å². The van der Waals surface area contributed by atoms with Crippen molar-refractivity contribution in [2.45, 2.75) is 52.4 Å². The first-order valence-electron chi connectivity index (χ1n) is 14.9. The maximum Gasteiger partial charge on any atom is 0.244 e. The van der Waals surface area contributed by atoms with Crippen LogP contribution in [0.5, 0.6) is 5.75 Å². The Hall–Kier alpha value is -4.63. The lowest BCUT2D eigenvalue weighted by molar-refractivity contribution is -0.140. The molecule has 4 rings (SSSR count). The Kier molecular flexibility index (Phi) is 11.4. The van der Waals surface area contributed by atoms with Crippen molar-refractivity contribution in [2.24, 2.45) is 0 Å². The number of rotatable bonds is 14. The number of sulfonamides is 1. The van der Waals surface area contributed by atoms with Crippen LogP contribution in [-0.4, -0.2) is 50.0 Å². The van der Waals surface area contributed by atoms with E-state index < -0.39 is 28.5 Å². The lowest BCUT2D eigenvalue weighted by Crippen LogP contribution is -2.54. The number of carbonyl (C=O) groups is 2. The zero-order valence-corrected chi connectivity index (χ0v) is 27.0. The molecule has 0 unspecified atom stereocenters. The molecule has 0 aliphatic heterocycles. The highest BCUT2D eigenvalue weighted by molar-refractivity contribution is 7.92. The second kappa shape index (κ2) is 15.4. The summed E-state index contributed by atoms with van der Waals surface area (Å²) in [6.07, 6.45) is 1.34. The molecule has 4 aromatic carbocycles. The summed E-state index contributed by atoms with van der Waals surface area (Å²) < 4.78 is 33.1. The van der Waals surface area contributed by atoms with Gasteiger partial charge in [0.1, 0.15) is 24.9 Å². The zero-order chi connectivity index (χ0) is 32.4. The minimum Gasteiger partial charge on any atom is -0.489 e. The molecule has 236 valence electrons. The van der Waals surface area contributed by atoms with E-state index in [1.807, 2.05) is 106 Å². The monoisotopic (exact) mass is 627 g/mol. The van der Waals surface area contributed by atoms with Crippen molar-refractivity contribution in [3.05, 3.63) is 131 Å². The van der Waals surface area contributed by atoms with E-state index in [0.717, 1.165) is 32.8 Å². The standard InChI is InChI=1S/C36H41N3O5S/c1-27(2)37-36(41)34(23-29-14-7-5-8-15-29)38(24-31-18-12-11-13-28(31)3)35(40)25-39(45(4,42)43)32-19-21-33(22-20-32)44-26-30-16-9-6-10-17-30/h5-22,27,34H,23-26H2,1-4H3,(H,37,41)/t34-/m1/s1. The van der Waals surface area contributed by atoms with Crippen molar-refractivity contribution in [1.82, 2.24) is 10.2 Å². The van der Waals surface area contributed by atoms with E-state index >= 15 is 0 Å². The van der Waals surface area contributed by atoms with E-state index in [4.69, 9.17) is 4.74 Å². The van der Waals surface area contributed by atoms with Gasteiger partial charge in [-0.15, -0.1) is 0 Å². The normalized spacial score (nSPS) is 11.9.